The van der Waals surface area contributed by atoms with Gasteiger partial charge in [0.05, 0.1) is 6.61 Å². The Morgan fingerprint density at radius 1 is 0.800 bits per heavy atom. The number of hydrogen-bond donors (Lipinski definition) is 7. The van der Waals surface area contributed by atoms with Gasteiger partial charge < -0.3 is 36.8 Å². The number of rotatable bonds is 12. The summed E-state index contributed by atoms with van der Waals surface area (Å²) in [7, 11) is 0. The van der Waals surface area contributed by atoms with Crippen molar-refractivity contribution in [2.24, 2.45) is 5.73 Å². The van der Waals surface area contributed by atoms with Gasteiger partial charge in [0.1, 0.15) is 18.1 Å². The van der Waals surface area contributed by atoms with Crippen LogP contribution >= 0.6 is 0 Å². The van der Waals surface area contributed by atoms with Crippen LogP contribution in [-0.2, 0) is 24.0 Å². The predicted octanol–water partition coefficient (Wildman–Crippen LogP) is -2.91. The Balaban J connectivity index is 5.02. The number of aliphatic carboxylic acids is 3. The summed E-state index contributed by atoms with van der Waals surface area (Å²) in [4.78, 5) is 56.0. The molecule has 142 valence electrons. The molecule has 0 aliphatic heterocycles. The molecule has 0 aromatic carbocycles. The van der Waals surface area contributed by atoms with Crippen LogP contribution in [0.4, 0.5) is 0 Å². The van der Waals surface area contributed by atoms with E-state index in [1.807, 2.05) is 5.32 Å². The average Bonchev–Trinajstić information content (AvgIpc) is 2.53. The molecule has 0 radical (unpaired) electrons. The number of aliphatic hydroxyl groups is 1. The third-order valence-corrected chi connectivity index (χ3v) is 3.07. The number of carboxylic acid groups (broad SMARTS) is 3. The number of carbonyl (C=O) groups is 5. The van der Waals surface area contributed by atoms with Gasteiger partial charge in [-0.3, -0.25) is 19.2 Å². The van der Waals surface area contributed by atoms with Crippen LogP contribution in [0.5, 0.6) is 0 Å². The molecule has 0 aromatic rings. The third kappa shape index (κ3) is 9.22. The first kappa shape index (κ1) is 22.3. The van der Waals surface area contributed by atoms with Gasteiger partial charge in [-0.15, -0.1) is 0 Å². The van der Waals surface area contributed by atoms with Gasteiger partial charge >= 0.3 is 17.9 Å². The first-order valence-electron chi connectivity index (χ1n) is 7.22. The lowest BCUT2D eigenvalue weighted by Crippen LogP contribution is -2.55. The second kappa shape index (κ2) is 10.9. The molecule has 25 heavy (non-hydrogen) atoms. The molecule has 0 saturated heterocycles. The second-order valence-electron chi connectivity index (χ2n) is 5.11. The molecular formula is C13H21N3O9. The topological polar surface area (TPSA) is 216 Å². The van der Waals surface area contributed by atoms with Gasteiger partial charge in [-0.05, 0) is 12.8 Å². The van der Waals surface area contributed by atoms with Crippen LogP contribution < -0.4 is 16.4 Å². The van der Waals surface area contributed by atoms with E-state index in [0.29, 0.717) is 0 Å². The first-order valence-corrected chi connectivity index (χ1v) is 7.22. The Labute approximate surface area is 142 Å². The van der Waals surface area contributed by atoms with Crippen LogP contribution in [0.1, 0.15) is 25.7 Å². The maximum absolute atomic E-state index is 12.1. The quantitative estimate of drug-likeness (QED) is 0.187. The minimum atomic E-state index is -1.53. The minimum absolute atomic E-state index is 0.351. The molecule has 0 heterocycles. The molecule has 8 N–H and O–H groups in total. The van der Waals surface area contributed by atoms with Crippen LogP contribution in [0.2, 0.25) is 0 Å². The standard InChI is InChI=1S/C13H21N3O9/c14-6(5-17)11(22)15-7(1-3-9(18)19)12(23)16-8(13(24)25)2-4-10(20)21/h6-8,17H,1-5,14H2,(H,15,22)(H,16,23)(H,18,19)(H,20,21)(H,24,25)/t6-,7-,8-/m0/s1. The van der Waals surface area contributed by atoms with Crippen molar-refractivity contribution in [3.05, 3.63) is 0 Å². The molecule has 0 aliphatic carbocycles. The molecule has 0 aliphatic rings. The monoisotopic (exact) mass is 363 g/mol. The molecule has 0 saturated carbocycles. The number of hydrogen-bond acceptors (Lipinski definition) is 7. The lowest BCUT2D eigenvalue weighted by molar-refractivity contribution is -0.144. The van der Waals surface area contributed by atoms with E-state index in [0.717, 1.165) is 0 Å². The molecule has 0 rings (SSSR count). The fourth-order valence-corrected chi connectivity index (χ4v) is 1.70. The number of carbonyl (C=O) groups excluding carboxylic acids is 2. The number of nitrogens with two attached hydrogens (primary N) is 1. The summed E-state index contributed by atoms with van der Waals surface area (Å²) in [5.74, 6) is -5.92. The van der Waals surface area contributed by atoms with E-state index in [9.17, 15) is 24.0 Å². The maximum atomic E-state index is 12.1. The van der Waals surface area contributed by atoms with Gasteiger partial charge in [0.2, 0.25) is 11.8 Å². The summed E-state index contributed by atoms with van der Waals surface area (Å²) in [6, 6.07) is -4.28. The van der Waals surface area contributed by atoms with E-state index in [4.69, 9.17) is 26.2 Å². The SMILES string of the molecule is N[C@@H](CO)C(=O)N[C@@H](CCC(=O)O)C(=O)N[C@@H](CCC(=O)O)C(=O)O. The van der Waals surface area contributed by atoms with Gasteiger partial charge in [-0.25, -0.2) is 4.79 Å². The van der Waals surface area contributed by atoms with E-state index >= 15 is 0 Å². The molecular weight excluding hydrogens is 342 g/mol. The van der Waals surface area contributed by atoms with Crippen molar-refractivity contribution in [3.8, 4) is 0 Å². The van der Waals surface area contributed by atoms with E-state index < -0.39 is 73.7 Å². The number of nitrogens with one attached hydrogen (secondary N) is 2. The number of aliphatic hydroxyl groups excluding tert-OH is 1. The molecule has 2 amide bonds. The zero-order chi connectivity index (χ0) is 19.6. The van der Waals surface area contributed by atoms with E-state index in [1.165, 1.54) is 0 Å². The van der Waals surface area contributed by atoms with Crippen molar-refractivity contribution in [2.75, 3.05) is 6.61 Å². The maximum Gasteiger partial charge on any atom is 0.326 e. The Morgan fingerprint density at radius 2 is 1.24 bits per heavy atom. The Morgan fingerprint density at radius 3 is 1.64 bits per heavy atom. The molecule has 0 unspecified atom stereocenters. The van der Waals surface area contributed by atoms with Crippen LogP contribution in [0.15, 0.2) is 0 Å². The van der Waals surface area contributed by atoms with Crippen molar-refractivity contribution >= 4 is 29.7 Å². The Kier molecular flexibility index (Phi) is 9.74. The van der Waals surface area contributed by atoms with Gasteiger partial charge in [-0.2, -0.15) is 0 Å². The summed E-state index contributed by atoms with van der Waals surface area (Å²) in [6.07, 6.45) is -1.76. The van der Waals surface area contributed by atoms with Crippen molar-refractivity contribution in [3.63, 3.8) is 0 Å². The lowest BCUT2D eigenvalue weighted by Gasteiger charge is -2.22. The van der Waals surface area contributed by atoms with Crippen molar-refractivity contribution in [1.29, 1.82) is 0 Å². The van der Waals surface area contributed by atoms with Crippen LogP contribution in [0.3, 0.4) is 0 Å². The van der Waals surface area contributed by atoms with E-state index in [2.05, 4.69) is 5.32 Å². The summed E-state index contributed by atoms with van der Waals surface area (Å²) in [6.45, 7) is -0.713. The van der Waals surface area contributed by atoms with Crippen molar-refractivity contribution < 1.29 is 44.4 Å². The van der Waals surface area contributed by atoms with E-state index in [1.54, 1.807) is 0 Å². The van der Waals surface area contributed by atoms with Crippen molar-refractivity contribution in [1.82, 2.24) is 10.6 Å². The average molecular weight is 363 g/mol. The van der Waals surface area contributed by atoms with Crippen LogP contribution in [0.25, 0.3) is 0 Å². The zero-order valence-electron chi connectivity index (χ0n) is 13.2. The minimum Gasteiger partial charge on any atom is -0.481 e. The molecule has 12 nitrogen and oxygen atoms in total. The first-order chi connectivity index (χ1) is 11.6. The second-order valence-corrected chi connectivity index (χ2v) is 5.11. The highest BCUT2D eigenvalue weighted by atomic mass is 16.4. The third-order valence-electron chi connectivity index (χ3n) is 3.07. The number of amides is 2. The van der Waals surface area contributed by atoms with Crippen molar-refractivity contribution in [2.45, 2.75) is 43.8 Å². The number of carboxylic acids is 3. The molecule has 12 heteroatoms. The van der Waals surface area contributed by atoms with Crippen LogP contribution in [0, 0.1) is 0 Å². The largest absolute Gasteiger partial charge is 0.481 e. The fourth-order valence-electron chi connectivity index (χ4n) is 1.70. The predicted molar refractivity (Wildman–Crippen MR) is 80.3 cm³/mol. The highest BCUT2D eigenvalue weighted by molar-refractivity contribution is 5.92. The summed E-state index contributed by atoms with van der Waals surface area (Å²) >= 11 is 0. The summed E-state index contributed by atoms with van der Waals surface area (Å²) in [5, 5.41) is 39.2. The molecule has 0 aromatic heterocycles. The highest BCUT2D eigenvalue weighted by Gasteiger charge is 2.28. The summed E-state index contributed by atoms with van der Waals surface area (Å²) < 4.78 is 0. The Bertz CT molecular complexity index is 523. The fraction of sp³-hybridized carbons (Fsp3) is 0.615. The molecule has 3 atom stereocenters. The molecule has 0 spiro atoms. The van der Waals surface area contributed by atoms with Gasteiger partial charge in [0.15, 0.2) is 0 Å². The molecule has 0 fully saturated rings. The van der Waals surface area contributed by atoms with Crippen LogP contribution in [-0.4, -0.2) is 74.9 Å². The Hall–Kier alpha value is -2.73. The zero-order valence-corrected chi connectivity index (χ0v) is 13.2. The highest BCUT2D eigenvalue weighted by Crippen LogP contribution is 2.03. The van der Waals surface area contributed by atoms with E-state index in [-0.39, 0.29) is 6.42 Å². The normalized spacial score (nSPS) is 14.0. The van der Waals surface area contributed by atoms with Gasteiger partial charge in [0.25, 0.3) is 0 Å². The smallest absolute Gasteiger partial charge is 0.326 e. The summed E-state index contributed by atoms with van der Waals surface area (Å²) in [5.41, 5.74) is 5.28. The van der Waals surface area contributed by atoms with Gasteiger partial charge in [0, 0.05) is 12.8 Å². The van der Waals surface area contributed by atoms with Gasteiger partial charge in [-0.1, -0.05) is 0 Å². The lowest BCUT2D eigenvalue weighted by atomic mass is 10.1. The molecule has 0 bridgehead atoms.